The number of allylic oxidation sites excluding steroid dienone is 12. The molecule has 0 aliphatic carbocycles. The Morgan fingerprint density at radius 3 is 1.74 bits per heavy atom. The molecular formula is C28H32ClFO4. The van der Waals surface area contributed by atoms with Crippen LogP contribution in [0.15, 0.2) is 91.1 Å². The Morgan fingerprint density at radius 2 is 1.26 bits per heavy atom. The summed E-state index contributed by atoms with van der Waals surface area (Å²) in [5.74, 6) is -1.73. The number of carbonyl (C=O) groups is 2. The lowest BCUT2D eigenvalue weighted by Crippen LogP contribution is -2.10. The number of hydrogen-bond acceptors (Lipinski definition) is 3. The van der Waals surface area contributed by atoms with Crippen molar-refractivity contribution in [3.63, 3.8) is 0 Å². The summed E-state index contributed by atoms with van der Waals surface area (Å²) >= 11 is 5.85. The van der Waals surface area contributed by atoms with Crippen molar-refractivity contribution in [3.05, 3.63) is 102 Å². The van der Waals surface area contributed by atoms with Gasteiger partial charge in [0.05, 0.1) is 0 Å². The summed E-state index contributed by atoms with van der Waals surface area (Å²) in [4.78, 5) is 23.1. The second-order valence-electron chi connectivity index (χ2n) is 7.12. The molecule has 0 aliphatic heterocycles. The molecule has 0 spiro atoms. The zero-order valence-corrected chi connectivity index (χ0v) is 20.0. The highest BCUT2D eigenvalue weighted by Crippen LogP contribution is 2.24. The third-order valence-corrected chi connectivity index (χ3v) is 4.60. The van der Waals surface area contributed by atoms with Gasteiger partial charge >= 0.3 is 11.9 Å². The smallest absolute Gasteiger partial charge is 0.339 e. The average molecular weight is 487 g/mol. The molecule has 1 rings (SSSR count). The minimum Gasteiger partial charge on any atom is -0.478 e. The molecule has 34 heavy (non-hydrogen) atoms. The lowest BCUT2D eigenvalue weighted by molar-refractivity contribution is -0.134. The van der Waals surface area contributed by atoms with E-state index in [4.69, 9.17) is 21.4 Å². The Balaban J connectivity index is 2.14. The first-order valence-electron chi connectivity index (χ1n) is 11.2. The van der Waals surface area contributed by atoms with Crippen LogP contribution >= 0.6 is 11.6 Å². The maximum atomic E-state index is 11.9. The van der Waals surface area contributed by atoms with Gasteiger partial charge in [0.2, 0.25) is 0 Å². The number of carboxylic acid groups (broad SMARTS) is 1. The highest BCUT2D eigenvalue weighted by molar-refractivity contribution is 6.30. The highest BCUT2D eigenvalue weighted by Gasteiger charge is 2.14. The summed E-state index contributed by atoms with van der Waals surface area (Å²) in [6, 6.07) is 4.07. The second kappa shape index (κ2) is 19.3. The Kier molecular flexibility index (Phi) is 16.4. The Labute approximate surface area is 206 Å². The molecule has 4 nitrogen and oxygen atoms in total. The molecule has 0 unspecified atom stereocenters. The van der Waals surface area contributed by atoms with Gasteiger partial charge in [-0.05, 0) is 50.7 Å². The van der Waals surface area contributed by atoms with Crippen LogP contribution in [0.5, 0.6) is 5.75 Å². The lowest BCUT2D eigenvalue weighted by Gasteiger charge is -2.07. The van der Waals surface area contributed by atoms with Crippen LogP contribution in [-0.2, 0) is 4.79 Å². The minimum atomic E-state index is -1.18. The van der Waals surface area contributed by atoms with Crippen molar-refractivity contribution in [1.82, 2.24) is 0 Å². The fourth-order valence-electron chi connectivity index (χ4n) is 2.67. The van der Waals surface area contributed by atoms with E-state index >= 15 is 0 Å². The van der Waals surface area contributed by atoms with Crippen molar-refractivity contribution in [2.45, 2.75) is 44.9 Å². The summed E-state index contributed by atoms with van der Waals surface area (Å²) in [6.07, 6.45) is 28.7. The predicted molar refractivity (Wildman–Crippen MR) is 137 cm³/mol. The van der Waals surface area contributed by atoms with E-state index in [2.05, 4.69) is 42.5 Å². The van der Waals surface area contributed by atoms with Crippen LogP contribution < -0.4 is 4.74 Å². The fraction of sp³-hybridized carbons (Fsp3) is 0.286. The normalized spacial score (nSPS) is 12.4. The molecule has 0 aliphatic rings. The largest absolute Gasteiger partial charge is 0.478 e. The van der Waals surface area contributed by atoms with Gasteiger partial charge in [0.15, 0.2) is 0 Å². The number of carboxylic acids is 1. The first-order chi connectivity index (χ1) is 16.5. The zero-order valence-electron chi connectivity index (χ0n) is 19.2. The van der Waals surface area contributed by atoms with Gasteiger partial charge < -0.3 is 9.84 Å². The molecule has 0 saturated heterocycles. The minimum absolute atomic E-state index is 0.0449. The Bertz CT molecular complexity index is 926. The van der Waals surface area contributed by atoms with E-state index in [1.807, 2.05) is 24.3 Å². The molecule has 0 aromatic heterocycles. The number of halogens is 2. The summed E-state index contributed by atoms with van der Waals surface area (Å²) < 4.78 is 17.0. The summed E-state index contributed by atoms with van der Waals surface area (Å²) in [5.41, 5.74) is -0.101. The molecule has 182 valence electrons. The van der Waals surface area contributed by atoms with Crippen LogP contribution in [0.3, 0.4) is 0 Å². The molecule has 6 heteroatoms. The summed E-state index contributed by atoms with van der Waals surface area (Å²) in [7, 11) is 0. The molecule has 0 heterocycles. The van der Waals surface area contributed by atoms with E-state index < -0.39 is 18.6 Å². The number of ether oxygens (including phenoxy) is 1. The average Bonchev–Trinajstić information content (AvgIpc) is 2.80. The van der Waals surface area contributed by atoms with E-state index in [1.54, 1.807) is 0 Å². The maximum Gasteiger partial charge on any atom is 0.339 e. The maximum absolute atomic E-state index is 11.9. The number of hydrogen-bond donors (Lipinski definition) is 1. The number of alkyl halides is 1. The second-order valence-corrected chi connectivity index (χ2v) is 7.56. The molecule has 0 fully saturated rings. The van der Waals surface area contributed by atoms with Gasteiger partial charge in [-0.15, -0.1) is 0 Å². The van der Waals surface area contributed by atoms with Crippen LogP contribution in [0, 0.1) is 0 Å². The van der Waals surface area contributed by atoms with Crippen LogP contribution in [-0.4, -0.2) is 23.7 Å². The first kappa shape index (κ1) is 28.9. The van der Waals surface area contributed by atoms with Crippen LogP contribution in [0.4, 0.5) is 4.39 Å². The van der Waals surface area contributed by atoms with Crippen LogP contribution in [0.1, 0.15) is 55.3 Å². The third-order valence-electron chi connectivity index (χ3n) is 4.36. The van der Waals surface area contributed by atoms with E-state index in [0.29, 0.717) is 11.4 Å². The number of benzene rings is 1. The molecule has 1 aromatic carbocycles. The number of aromatic carboxylic acids is 1. The summed E-state index contributed by atoms with van der Waals surface area (Å²) in [6.45, 7) is -0.407. The van der Waals surface area contributed by atoms with Crippen LogP contribution in [0.2, 0.25) is 5.02 Å². The van der Waals surface area contributed by atoms with Crippen molar-refractivity contribution >= 4 is 23.5 Å². The third kappa shape index (κ3) is 14.8. The predicted octanol–water partition coefficient (Wildman–Crippen LogP) is 7.98. The van der Waals surface area contributed by atoms with E-state index in [0.717, 1.165) is 32.1 Å². The molecule has 1 N–H and O–H groups in total. The molecule has 0 bridgehead atoms. The van der Waals surface area contributed by atoms with Crippen molar-refractivity contribution in [3.8, 4) is 5.75 Å². The topological polar surface area (TPSA) is 63.6 Å². The number of rotatable bonds is 16. The summed E-state index contributed by atoms with van der Waals surface area (Å²) in [5, 5.41) is 9.44. The lowest BCUT2D eigenvalue weighted by atomic mass is 10.2. The first-order valence-corrected chi connectivity index (χ1v) is 11.6. The van der Waals surface area contributed by atoms with Gasteiger partial charge in [-0.25, -0.2) is 9.18 Å². The number of carbonyl (C=O) groups excluding carboxylic acids is 1. The van der Waals surface area contributed by atoms with Crippen molar-refractivity contribution in [1.29, 1.82) is 0 Å². The fourth-order valence-corrected chi connectivity index (χ4v) is 2.83. The Morgan fingerprint density at radius 1 is 0.794 bits per heavy atom. The van der Waals surface area contributed by atoms with Crippen LogP contribution in [0.25, 0.3) is 0 Å². The van der Waals surface area contributed by atoms with Gasteiger partial charge in [-0.2, -0.15) is 0 Å². The van der Waals surface area contributed by atoms with Gasteiger partial charge in [-0.3, -0.25) is 4.79 Å². The van der Waals surface area contributed by atoms with Gasteiger partial charge in [-0.1, -0.05) is 84.5 Å². The molecule has 0 amide bonds. The SMILES string of the molecule is O=C(CC/C=C\C/C=C\C/C=C\C/C=C\C/C=C\C/C=C\CF)Oc1cc(Cl)ccc1C(=O)O. The van der Waals surface area contributed by atoms with Crippen molar-refractivity contribution < 1.29 is 23.8 Å². The van der Waals surface area contributed by atoms with E-state index in [1.165, 1.54) is 24.3 Å². The van der Waals surface area contributed by atoms with E-state index in [9.17, 15) is 14.0 Å². The molecule has 1 aromatic rings. The zero-order chi connectivity index (χ0) is 24.9. The highest BCUT2D eigenvalue weighted by atomic mass is 35.5. The van der Waals surface area contributed by atoms with E-state index in [-0.39, 0.29) is 17.7 Å². The van der Waals surface area contributed by atoms with Gasteiger partial charge in [0.25, 0.3) is 0 Å². The van der Waals surface area contributed by atoms with Gasteiger partial charge in [0.1, 0.15) is 18.0 Å². The monoisotopic (exact) mass is 486 g/mol. The standard InChI is InChI=1S/C28H32ClFO4/c29-24-20-21-25(28(32)33)26(23-24)34-27(31)19-17-15-13-11-9-7-5-3-1-2-4-6-8-10-12-14-16-18-22-30/h1,3-4,6-7,9-10,12-13,15-16,18,20-21,23H,2,5,8,11,14,17,19,22H2,(H,32,33)/b3-1-,6-4-,9-7-,12-10-,15-13-,18-16-. The molecule has 0 saturated carbocycles. The molecular weight excluding hydrogens is 455 g/mol. The van der Waals surface area contributed by atoms with Gasteiger partial charge in [0, 0.05) is 17.5 Å². The molecule has 0 atom stereocenters. The quantitative estimate of drug-likeness (QED) is 0.146. The molecule has 0 radical (unpaired) electrons. The van der Waals surface area contributed by atoms with Crippen molar-refractivity contribution in [2.24, 2.45) is 0 Å². The Hall–Kier alpha value is -3.18. The van der Waals surface area contributed by atoms with Crippen molar-refractivity contribution in [2.75, 3.05) is 6.67 Å². The number of esters is 1.